The molecule has 60 heavy (non-hydrogen) atoms. The van der Waals surface area contributed by atoms with E-state index in [9.17, 15) is 26.4 Å². The molecule has 3 aromatic carbocycles. The molecule has 4 heterocycles. The number of sulfonamides is 1. The molecule has 314 valence electrons. The van der Waals surface area contributed by atoms with Gasteiger partial charge in [0, 0.05) is 60.8 Å². The van der Waals surface area contributed by atoms with Crippen molar-refractivity contribution in [2.75, 3.05) is 48.8 Å². The number of carbonyl (C=O) groups is 1. The van der Waals surface area contributed by atoms with E-state index in [2.05, 4.69) is 24.3 Å². The molecule has 0 unspecified atom stereocenters. The Bertz CT molecular complexity index is 2800. The van der Waals surface area contributed by atoms with Crippen LogP contribution in [-0.2, 0) is 36.6 Å². The normalized spacial score (nSPS) is 13.6. The van der Waals surface area contributed by atoms with E-state index in [1.807, 2.05) is 6.92 Å². The van der Waals surface area contributed by atoms with Gasteiger partial charge in [-0.15, -0.1) is 0 Å². The van der Waals surface area contributed by atoms with Gasteiger partial charge in [0.15, 0.2) is 5.69 Å². The number of carbonyl (C=O) groups excluding carboxylic acids is 1. The highest BCUT2D eigenvalue weighted by Gasteiger charge is 2.25. The van der Waals surface area contributed by atoms with Gasteiger partial charge in [-0.05, 0) is 75.2 Å². The lowest BCUT2D eigenvalue weighted by Gasteiger charge is -2.32. The molecule has 1 fully saturated rings. The van der Waals surface area contributed by atoms with Gasteiger partial charge in [0.25, 0.3) is 15.6 Å². The summed E-state index contributed by atoms with van der Waals surface area (Å²) < 4.78 is 81.0. The minimum Gasteiger partial charge on any atom is -0.491 e. The molecule has 0 spiro atoms. The van der Waals surface area contributed by atoms with Crippen molar-refractivity contribution in [3.05, 3.63) is 119 Å². The number of anilines is 2. The van der Waals surface area contributed by atoms with Crippen molar-refractivity contribution in [3.8, 4) is 28.4 Å². The average molecular weight is 857 g/mol. The predicted octanol–water partition coefficient (Wildman–Crippen LogP) is 5.75. The van der Waals surface area contributed by atoms with Crippen LogP contribution in [0.5, 0.6) is 17.2 Å². The first-order valence-corrected chi connectivity index (χ1v) is 22.2. The molecule has 0 aliphatic carbocycles. The third-order valence-electron chi connectivity index (χ3n) is 10.0. The first kappa shape index (κ1) is 41.9. The molecular weight excluding hydrogens is 813 g/mol. The maximum atomic E-state index is 13.9. The van der Waals surface area contributed by atoms with Gasteiger partial charge in [-0.1, -0.05) is 23.8 Å². The second-order valence-corrected chi connectivity index (χ2v) is 17.9. The molecule has 3 aromatic heterocycles. The summed E-state index contributed by atoms with van der Waals surface area (Å²) in [5.41, 5.74) is 1.48. The molecule has 0 radical (unpaired) electrons. The van der Waals surface area contributed by atoms with E-state index in [-0.39, 0.29) is 40.3 Å². The predicted molar refractivity (Wildman–Crippen MR) is 226 cm³/mol. The van der Waals surface area contributed by atoms with Crippen LogP contribution >= 0.6 is 0 Å². The summed E-state index contributed by atoms with van der Waals surface area (Å²) in [7, 11) is -5.03. The smallest absolute Gasteiger partial charge is 0.358 e. The number of rotatable bonds is 15. The number of nitrogens with one attached hydrogen (secondary N) is 1. The monoisotopic (exact) mass is 856 g/mol. The summed E-state index contributed by atoms with van der Waals surface area (Å²) >= 11 is 0. The summed E-state index contributed by atoms with van der Waals surface area (Å²) in [6.07, 6.45) is 7.47. The minimum absolute atomic E-state index is 0.0188. The lowest BCUT2D eigenvalue weighted by molar-refractivity contribution is 0.0202. The molecule has 1 aliphatic rings. The number of piperidine rings is 1. The number of hydrogen-bond acceptors (Lipinski definition) is 13. The Balaban J connectivity index is 1.08. The van der Waals surface area contributed by atoms with Gasteiger partial charge in [0.1, 0.15) is 35.2 Å². The fourth-order valence-electron chi connectivity index (χ4n) is 6.79. The van der Waals surface area contributed by atoms with Crippen LogP contribution in [0.2, 0.25) is 0 Å². The van der Waals surface area contributed by atoms with Crippen molar-refractivity contribution >= 4 is 48.4 Å². The molecular formula is C42H44N6O10S2. The molecule has 16 nitrogen and oxygen atoms in total. The third-order valence-corrected chi connectivity index (χ3v) is 13.0. The Kier molecular flexibility index (Phi) is 12.3. The molecule has 1 aliphatic heterocycles. The molecule has 1 N–H and O–H groups in total. The number of aromatic nitrogens is 4. The van der Waals surface area contributed by atoms with Gasteiger partial charge in [-0.3, -0.25) is 9.52 Å². The van der Waals surface area contributed by atoms with Crippen LogP contribution in [0, 0.1) is 6.92 Å². The highest BCUT2D eigenvalue weighted by atomic mass is 32.2. The maximum absolute atomic E-state index is 13.9. The second kappa shape index (κ2) is 17.5. The lowest BCUT2D eigenvalue weighted by Crippen LogP contribution is -2.38. The van der Waals surface area contributed by atoms with Crippen LogP contribution in [0.15, 0.2) is 107 Å². The average Bonchev–Trinajstić information content (AvgIpc) is 3.71. The van der Waals surface area contributed by atoms with Gasteiger partial charge >= 0.3 is 5.97 Å². The van der Waals surface area contributed by atoms with E-state index in [0.29, 0.717) is 59.3 Å². The lowest BCUT2D eigenvalue weighted by atomic mass is 10.0. The third kappa shape index (κ3) is 9.15. The number of aryl methyl sites for hydroxylation is 2. The van der Waals surface area contributed by atoms with Gasteiger partial charge < -0.3 is 28.4 Å². The molecule has 0 bridgehead atoms. The molecule has 0 atom stereocenters. The van der Waals surface area contributed by atoms with Crippen LogP contribution in [0.1, 0.15) is 35.8 Å². The van der Waals surface area contributed by atoms with Crippen molar-refractivity contribution in [1.82, 2.24) is 18.5 Å². The number of pyridine rings is 1. The van der Waals surface area contributed by atoms with E-state index in [1.165, 1.54) is 50.2 Å². The molecule has 0 saturated carbocycles. The number of esters is 1. The molecule has 0 amide bonds. The summed E-state index contributed by atoms with van der Waals surface area (Å²) in [6.45, 7) is 5.43. The Labute approximate surface area is 347 Å². The summed E-state index contributed by atoms with van der Waals surface area (Å²) in [5, 5.41) is 0.319. The minimum atomic E-state index is -4.17. The first-order valence-electron chi connectivity index (χ1n) is 19.1. The van der Waals surface area contributed by atoms with E-state index in [0.717, 1.165) is 22.4 Å². The Morgan fingerprint density at radius 2 is 1.65 bits per heavy atom. The van der Waals surface area contributed by atoms with Crippen molar-refractivity contribution < 1.29 is 40.6 Å². The summed E-state index contributed by atoms with van der Waals surface area (Å²) in [4.78, 5) is 35.9. The van der Waals surface area contributed by atoms with Crippen LogP contribution in [0.25, 0.3) is 22.0 Å². The summed E-state index contributed by atoms with van der Waals surface area (Å²) in [5.74, 6) is 1.23. The highest BCUT2D eigenvalue weighted by molar-refractivity contribution is 7.92. The Hall–Kier alpha value is -6.24. The number of ether oxygens (including phenoxy) is 4. The van der Waals surface area contributed by atoms with Gasteiger partial charge in [-0.25, -0.2) is 35.6 Å². The SMILES string of the molecule is CCS(=O)(=O)Nc1ccc(Oc2cccc(OCCOC3CCN(c4cnc(C(=O)OC)cn4)CC3)c2)c(-c2cn(C)c(=O)c3c2ccn3S(=O)(=O)c2ccc(C)cc2)c1. The van der Waals surface area contributed by atoms with Crippen LogP contribution < -0.4 is 24.7 Å². The number of benzene rings is 3. The number of nitrogens with zero attached hydrogens (tertiary/aromatic N) is 5. The van der Waals surface area contributed by atoms with Gasteiger partial charge in [0.2, 0.25) is 10.0 Å². The molecule has 6 aromatic rings. The number of fused-ring (bicyclic) bond motifs is 1. The fraction of sp³-hybridized carbons (Fsp3) is 0.286. The molecule has 7 rings (SSSR count). The molecule has 1 saturated heterocycles. The van der Waals surface area contributed by atoms with E-state index in [4.69, 9.17) is 14.2 Å². The fourth-order valence-corrected chi connectivity index (χ4v) is 8.76. The highest BCUT2D eigenvalue weighted by Crippen LogP contribution is 2.40. The molecule has 18 heteroatoms. The van der Waals surface area contributed by atoms with Crippen molar-refractivity contribution in [3.63, 3.8) is 0 Å². The zero-order valence-corrected chi connectivity index (χ0v) is 35.0. The van der Waals surface area contributed by atoms with Gasteiger partial charge in [-0.2, -0.15) is 0 Å². The Morgan fingerprint density at radius 3 is 2.35 bits per heavy atom. The largest absolute Gasteiger partial charge is 0.491 e. The number of methoxy groups -OCH3 is 1. The standard InChI is InChI=1S/C42H44N6O10S2/c1-5-59(51,52)45-29-11-14-38(35(23-29)36-27-46(3)41(49)40-34(36)17-20-48(40)60(53,54)33-12-9-28(2)10-13-33)58-32-8-6-7-31(24-32)57-22-21-56-30-15-18-47(19-16-30)39-26-43-37(25-44-39)42(50)55-4/h6-14,17,20,23-27,30,45H,5,15-16,18-19,21-22H2,1-4H3. The van der Waals surface area contributed by atoms with Crippen molar-refractivity contribution in [2.45, 2.75) is 37.7 Å². The van der Waals surface area contributed by atoms with Crippen LogP contribution in [0.4, 0.5) is 11.5 Å². The quantitative estimate of drug-likeness (QED) is 0.0972. The van der Waals surface area contributed by atoms with Crippen LogP contribution in [-0.4, -0.2) is 86.6 Å². The number of hydrogen-bond donors (Lipinski definition) is 1. The topological polar surface area (TPSA) is 190 Å². The van der Waals surface area contributed by atoms with Crippen LogP contribution in [0.3, 0.4) is 0 Å². The van der Waals surface area contributed by atoms with Crippen molar-refractivity contribution in [2.24, 2.45) is 7.05 Å². The maximum Gasteiger partial charge on any atom is 0.358 e. The van der Waals surface area contributed by atoms with Crippen molar-refractivity contribution in [1.29, 1.82) is 0 Å². The zero-order chi connectivity index (χ0) is 42.6. The second-order valence-electron chi connectivity index (χ2n) is 14.1. The van der Waals surface area contributed by atoms with E-state index in [1.54, 1.807) is 73.1 Å². The van der Waals surface area contributed by atoms with E-state index >= 15 is 0 Å². The van der Waals surface area contributed by atoms with E-state index < -0.39 is 31.6 Å². The summed E-state index contributed by atoms with van der Waals surface area (Å²) in [6, 6.07) is 19.7. The Morgan fingerprint density at radius 1 is 0.900 bits per heavy atom. The van der Waals surface area contributed by atoms with Gasteiger partial charge in [0.05, 0.1) is 42.9 Å². The first-order chi connectivity index (χ1) is 28.8. The zero-order valence-electron chi connectivity index (χ0n) is 33.4.